The summed E-state index contributed by atoms with van der Waals surface area (Å²) in [7, 11) is 3.32. The lowest BCUT2D eigenvalue weighted by molar-refractivity contribution is -0.346. The second kappa shape index (κ2) is 37.6. The van der Waals surface area contributed by atoms with Crippen molar-refractivity contribution in [1.82, 2.24) is 10.3 Å². The lowest BCUT2D eigenvalue weighted by Crippen LogP contribution is -2.82. The van der Waals surface area contributed by atoms with E-state index in [1.807, 2.05) is 18.2 Å². The number of hydrogen-bond acceptors (Lipinski definition) is 26. The van der Waals surface area contributed by atoms with Gasteiger partial charge in [-0.2, -0.15) is 0 Å². The lowest BCUT2D eigenvalue weighted by atomic mass is 9.44. The topological polar surface area (TPSA) is 314 Å². The van der Waals surface area contributed by atoms with Crippen LogP contribution in [-0.4, -0.2) is 223 Å². The number of rotatable bonds is 40. The van der Waals surface area contributed by atoms with Gasteiger partial charge in [-0.25, -0.2) is 14.6 Å². The number of benzene rings is 3. The molecule has 1 amide bonds. The van der Waals surface area contributed by atoms with Crippen molar-refractivity contribution in [3.8, 4) is 0 Å². The number of carbonyl (C=O) groups is 7. The molecular weight excluding hydrogens is 1310 g/mol. The standard InChI is InChI=1S/C71H90N2O23S2/c1-47-53(93-67(81)60(77)59(50-18-10-7-11-19-50)73-65(79)51-20-12-8-13-21-51)45-71(82)64(95-66(80)52-22-14-9-15-23-52)62-69(6,63(78)61(92-48(2)74)58(47)68(71,4)5)54(44-55-70(62,46-91-55)96-49(3)75)94-57(76)25-27-83-28-29-84-30-31-85-32-33-86-34-35-87-36-37-88-38-39-89-40-41-90-42-43-97-98-56-24-16-17-26-72-56/h7-24,26,53-55,59-62,64,77,82H,25,27-46H2,1-6H3,(H,73,79)/t53-,54-,55+,59-,60+,61+,62-,64-,69+,70-,71+/m0/s1. The van der Waals surface area contributed by atoms with Gasteiger partial charge in [-0.15, -0.1) is 0 Å². The highest BCUT2D eigenvalue weighted by molar-refractivity contribution is 8.76. The molecule has 1 saturated heterocycles. The summed E-state index contributed by atoms with van der Waals surface area (Å²) in [5, 5.41) is 29.9. The molecule has 0 spiro atoms. The van der Waals surface area contributed by atoms with Crippen LogP contribution in [0.3, 0.4) is 0 Å². The minimum absolute atomic E-state index is 0.0218. The number of esters is 5. The van der Waals surface area contributed by atoms with Crippen molar-refractivity contribution in [2.45, 2.75) is 120 Å². The Labute approximate surface area is 578 Å². The minimum atomic E-state index is -2.51. The van der Waals surface area contributed by atoms with Crippen LogP contribution in [-0.2, 0) is 90.3 Å². The minimum Gasteiger partial charge on any atom is -0.461 e. The van der Waals surface area contributed by atoms with Crippen LogP contribution in [0.5, 0.6) is 0 Å². The Morgan fingerprint density at radius 3 is 1.67 bits per heavy atom. The largest absolute Gasteiger partial charge is 0.461 e. The molecule has 11 atom stereocenters. The normalized spacial score (nSPS) is 24.4. The van der Waals surface area contributed by atoms with Crippen LogP contribution in [0.1, 0.15) is 93.1 Å². The molecule has 2 bridgehead atoms. The van der Waals surface area contributed by atoms with E-state index in [2.05, 4.69) is 10.3 Å². The van der Waals surface area contributed by atoms with E-state index in [0.717, 1.165) is 24.6 Å². The fraction of sp³-hybridized carbons (Fsp3) is 0.549. The van der Waals surface area contributed by atoms with E-state index >= 15 is 4.79 Å². The van der Waals surface area contributed by atoms with Gasteiger partial charge in [-0.1, -0.05) is 97.4 Å². The van der Waals surface area contributed by atoms with Gasteiger partial charge < -0.3 is 81.8 Å². The van der Waals surface area contributed by atoms with Gasteiger partial charge in [0.25, 0.3) is 5.91 Å². The van der Waals surface area contributed by atoms with E-state index in [4.69, 9.17) is 66.3 Å². The zero-order chi connectivity index (χ0) is 70.1. The van der Waals surface area contributed by atoms with Gasteiger partial charge in [-0.3, -0.25) is 24.0 Å². The predicted octanol–water partition coefficient (Wildman–Crippen LogP) is 6.65. The van der Waals surface area contributed by atoms with E-state index in [-0.39, 0.29) is 68.1 Å². The molecule has 3 N–H and O–H groups in total. The molecule has 1 aromatic heterocycles. The highest BCUT2D eigenvalue weighted by Crippen LogP contribution is 2.65. The molecular formula is C71H90N2O23S2. The Morgan fingerprint density at radius 1 is 0.643 bits per heavy atom. The van der Waals surface area contributed by atoms with E-state index in [0.29, 0.717) is 78.2 Å². The summed E-state index contributed by atoms with van der Waals surface area (Å²) in [4.78, 5) is 105. The van der Waals surface area contributed by atoms with Crippen LogP contribution in [0.15, 0.2) is 132 Å². The quantitative estimate of drug-likeness (QED) is 0.0138. The number of nitrogens with one attached hydrogen (secondary N) is 1. The fourth-order valence-corrected chi connectivity index (χ4v) is 14.7. The average Bonchev–Trinajstić information content (AvgIpc) is 0.669. The second-order valence-corrected chi connectivity index (χ2v) is 27.0. The zero-order valence-corrected chi connectivity index (χ0v) is 57.8. The molecule has 0 radical (unpaired) electrons. The molecule has 0 unspecified atom stereocenters. The van der Waals surface area contributed by atoms with Gasteiger partial charge in [0.05, 0.1) is 142 Å². The average molecular weight is 1400 g/mol. The molecule has 98 heavy (non-hydrogen) atoms. The number of fused-ring (bicyclic) bond motifs is 5. The Hall–Kier alpha value is -6.70. The summed E-state index contributed by atoms with van der Waals surface area (Å²) in [5.41, 5.74) is -7.70. The first kappa shape index (κ1) is 77.0. The number of aliphatic hydroxyl groups is 2. The maximum absolute atomic E-state index is 16.4. The molecule has 1 aliphatic heterocycles. The van der Waals surface area contributed by atoms with Gasteiger partial charge in [0.15, 0.2) is 23.6 Å². The SMILES string of the molecule is CC(=O)O[C@H]1C(=O)[C@]2(C)[C@@H](OC(=O)CCOCCOCCOCCOCCOCCOCCOCCOCCSSc3ccccn3)C[C@H]3OC[C@@]3(OC(C)=O)[C@H]2[C@H](OC(=O)c2ccccc2)[C@]2(O)C[C@H](OC(=O)[C@H](O)[C@@H](NC(=O)c3ccccc3)c3ccccc3)C(C)=C1C2(C)C. The fourth-order valence-electron chi connectivity index (χ4n) is 12.9. The summed E-state index contributed by atoms with van der Waals surface area (Å²) in [5.74, 6) is -7.21. The summed E-state index contributed by atoms with van der Waals surface area (Å²) >= 11 is 0. The molecule has 3 aliphatic carbocycles. The summed E-state index contributed by atoms with van der Waals surface area (Å²) in [6.07, 6.45) is -9.61. The van der Waals surface area contributed by atoms with Crippen molar-refractivity contribution in [3.05, 3.63) is 143 Å². The molecule has 25 nitrogen and oxygen atoms in total. The number of Topliss-reactive ketones (excluding diaryl/α,β-unsaturated/α-hetero) is 1. The number of hydrogen-bond donors (Lipinski definition) is 3. The number of ketones is 1. The van der Waals surface area contributed by atoms with Crippen LogP contribution < -0.4 is 5.32 Å². The maximum atomic E-state index is 16.4. The predicted molar refractivity (Wildman–Crippen MR) is 355 cm³/mol. The Balaban J connectivity index is 0.859. The van der Waals surface area contributed by atoms with Crippen molar-refractivity contribution in [2.24, 2.45) is 16.7 Å². The second-order valence-electron chi connectivity index (χ2n) is 24.5. The number of aliphatic hydroxyl groups excluding tert-OH is 1. The molecule has 27 heteroatoms. The monoisotopic (exact) mass is 1400 g/mol. The van der Waals surface area contributed by atoms with Crippen molar-refractivity contribution in [1.29, 1.82) is 0 Å². The van der Waals surface area contributed by atoms with Gasteiger partial charge in [0.2, 0.25) is 0 Å². The number of pyridine rings is 1. The first-order valence-corrected chi connectivity index (χ1v) is 35.1. The van der Waals surface area contributed by atoms with Crippen molar-refractivity contribution in [2.75, 3.05) is 118 Å². The van der Waals surface area contributed by atoms with Gasteiger partial charge in [-0.05, 0) is 77.7 Å². The van der Waals surface area contributed by atoms with Crippen molar-refractivity contribution in [3.63, 3.8) is 0 Å². The molecule has 2 heterocycles. The van der Waals surface area contributed by atoms with Gasteiger partial charge >= 0.3 is 29.8 Å². The maximum Gasteiger partial charge on any atom is 0.338 e. The summed E-state index contributed by atoms with van der Waals surface area (Å²) < 4.78 is 82.4. The highest BCUT2D eigenvalue weighted by atomic mass is 33.1. The third-order valence-electron chi connectivity index (χ3n) is 17.9. The number of ether oxygens (including phenoxy) is 14. The van der Waals surface area contributed by atoms with Crippen LogP contribution in [0.2, 0.25) is 0 Å². The van der Waals surface area contributed by atoms with Crippen molar-refractivity contribution >= 4 is 63.1 Å². The van der Waals surface area contributed by atoms with Crippen LogP contribution in [0, 0.1) is 16.7 Å². The van der Waals surface area contributed by atoms with Gasteiger partial charge in [0.1, 0.15) is 35.0 Å². The Bertz CT molecular complexity index is 3260. The summed E-state index contributed by atoms with van der Waals surface area (Å²) in [6, 6.07) is 28.6. The Morgan fingerprint density at radius 2 is 1.16 bits per heavy atom. The van der Waals surface area contributed by atoms with E-state index in [1.165, 1.54) is 26.0 Å². The number of nitrogens with zero attached hydrogens (tertiary/aromatic N) is 1. The molecule has 3 fully saturated rings. The molecule has 4 aliphatic rings. The number of amides is 1. The van der Waals surface area contributed by atoms with E-state index in [9.17, 15) is 39.0 Å². The lowest BCUT2D eigenvalue weighted by Gasteiger charge is -2.67. The Kier molecular flexibility index (Phi) is 29.6. The van der Waals surface area contributed by atoms with E-state index in [1.54, 1.807) is 120 Å². The van der Waals surface area contributed by atoms with Crippen LogP contribution in [0.25, 0.3) is 0 Å². The molecule has 2 saturated carbocycles. The number of carbonyl (C=O) groups excluding carboxylic acids is 7. The van der Waals surface area contributed by atoms with Gasteiger partial charge in [0, 0.05) is 49.6 Å². The smallest absolute Gasteiger partial charge is 0.338 e. The van der Waals surface area contributed by atoms with E-state index < -0.39 is 125 Å². The third kappa shape index (κ3) is 19.8. The molecule has 8 rings (SSSR count). The zero-order valence-electron chi connectivity index (χ0n) is 56.2. The van der Waals surface area contributed by atoms with Crippen molar-refractivity contribution < 1.29 is 110 Å². The summed E-state index contributed by atoms with van der Waals surface area (Å²) in [6.45, 7) is 13.4. The number of aromatic nitrogens is 1. The first-order valence-electron chi connectivity index (χ1n) is 32.8. The first-order chi connectivity index (χ1) is 47.2. The molecule has 3 aromatic carbocycles. The van der Waals surface area contributed by atoms with Crippen LogP contribution >= 0.6 is 21.6 Å². The molecule has 534 valence electrons. The molecule has 4 aromatic rings. The van der Waals surface area contributed by atoms with Crippen LogP contribution in [0.4, 0.5) is 0 Å². The third-order valence-corrected chi connectivity index (χ3v) is 20.1. The highest BCUT2D eigenvalue weighted by Gasteiger charge is 2.79.